The van der Waals surface area contributed by atoms with E-state index in [-0.39, 0.29) is 10.9 Å². The van der Waals surface area contributed by atoms with Gasteiger partial charge in [-0.25, -0.2) is 13.2 Å². The van der Waals surface area contributed by atoms with E-state index in [9.17, 15) is 18.0 Å². The Morgan fingerprint density at radius 3 is 2.53 bits per heavy atom. The first-order valence-electron chi connectivity index (χ1n) is 10.6. The molecule has 0 spiro atoms. The van der Waals surface area contributed by atoms with E-state index < -0.39 is 27.5 Å². The molecule has 2 aliphatic rings. The van der Waals surface area contributed by atoms with Crippen molar-refractivity contribution in [1.82, 2.24) is 14.9 Å². The van der Waals surface area contributed by atoms with E-state index in [2.05, 4.69) is 10.6 Å². The van der Waals surface area contributed by atoms with Crippen molar-refractivity contribution in [2.45, 2.75) is 49.1 Å². The highest BCUT2D eigenvalue weighted by Gasteiger charge is 2.46. The van der Waals surface area contributed by atoms with E-state index in [4.69, 9.17) is 4.74 Å². The van der Waals surface area contributed by atoms with Crippen LogP contribution in [-0.4, -0.2) is 44.4 Å². The fraction of sp³-hybridized carbons (Fsp3) is 0.391. The number of piperidine rings is 1. The number of nitrogens with zero attached hydrogens (tertiary/aromatic N) is 1. The summed E-state index contributed by atoms with van der Waals surface area (Å²) in [6.45, 7) is 1.97. The molecule has 2 heterocycles. The molecule has 3 amide bonds. The smallest absolute Gasteiger partial charge is 0.322 e. The summed E-state index contributed by atoms with van der Waals surface area (Å²) in [7, 11) is -2.40. The number of imide groups is 1. The third-order valence-electron chi connectivity index (χ3n) is 6.25. The molecule has 32 heavy (non-hydrogen) atoms. The Balaban J connectivity index is 1.71. The van der Waals surface area contributed by atoms with Gasteiger partial charge in [-0.2, -0.15) is 4.31 Å². The molecular formula is C23H27N3O5S. The van der Waals surface area contributed by atoms with Crippen LogP contribution in [0.3, 0.4) is 0 Å². The molecule has 2 N–H and O–H groups in total. The van der Waals surface area contributed by atoms with E-state index >= 15 is 0 Å². The third-order valence-corrected chi connectivity index (χ3v) is 8.20. The number of amides is 3. The molecule has 9 heteroatoms. The number of nitrogens with one attached hydrogen (secondary N) is 2. The molecule has 2 fully saturated rings. The maximum Gasteiger partial charge on any atom is 0.322 e. The third kappa shape index (κ3) is 3.98. The van der Waals surface area contributed by atoms with Crippen molar-refractivity contribution in [2.75, 3.05) is 13.7 Å². The van der Waals surface area contributed by atoms with Gasteiger partial charge in [0, 0.05) is 18.2 Å². The van der Waals surface area contributed by atoms with Gasteiger partial charge in [-0.3, -0.25) is 10.1 Å². The lowest BCUT2D eigenvalue weighted by Crippen LogP contribution is -2.45. The molecule has 2 aromatic rings. The highest BCUT2D eigenvalue weighted by molar-refractivity contribution is 7.89. The summed E-state index contributed by atoms with van der Waals surface area (Å²) in [6, 6.07) is 13.5. The van der Waals surface area contributed by atoms with Gasteiger partial charge in [0.1, 0.15) is 11.3 Å². The van der Waals surface area contributed by atoms with Gasteiger partial charge in [0.25, 0.3) is 5.91 Å². The largest absolute Gasteiger partial charge is 0.496 e. The van der Waals surface area contributed by atoms with Crippen molar-refractivity contribution < 1.29 is 22.7 Å². The number of hydrogen-bond acceptors (Lipinski definition) is 5. The van der Waals surface area contributed by atoms with Gasteiger partial charge in [0.2, 0.25) is 10.0 Å². The quantitative estimate of drug-likeness (QED) is 0.649. The van der Waals surface area contributed by atoms with E-state index in [1.165, 1.54) is 32.2 Å². The van der Waals surface area contributed by atoms with Crippen molar-refractivity contribution in [3.8, 4) is 5.75 Å². The molecule has 2 aromatic carbocycles. The Labute approximate surface area is 188 Å². The minimum absolute atomic E-state index is 0.0726. The fourth-order valence-corrected chi connectivity index (χ4v) is 6.21. The first-order chi connectivity index (χ1) is 15.3. The Hall–Kier alpha value is -2.91. The number of sulfonamides is 1. The van der Waals surface area contributed by atoms with Gasteiger partial charge in [-0.15, -0.1) is 0 Å². The number of hydrogen-bond donors (Lipinski definition) is 2. The number of carbonyl (C=O) groups is 2. The molecule has 2 atom stereocenters. The first kappa shape index (κ1) is 22.3. The molecule has 0 aromatic heterocycles. The van der Waals surface area contributed by atoms with Crippen LogP contribution in [0.15, 0.2) is 53.4 Å². The number of rotatable bonds is 6. The number of ether oxygens (including phenoxy) is 1. The van der Waals surface area contributed by atoms with Gasteiger partial charge >= 0.3 is 6.03 Å². The second kappa shape index (κ2) is 8.55. The predicted molar refractivity (Wildman–Crippen MR) is 119 cm³/mol. The first-order valence-corrected chi connectivity index (χ1v) is 12.1. The summed E-state index contributed by atoms with van der Waals surface area (Å²) >= 11 is 0. The maximum atomic E-state index is 13.7. The second-order valence-corrected chi connectivity index (χ2v) is 10.2. The molecule has 0 aliphatic carbocycles. The van der Waals surface area contributed by atoms with Gasteiger partial charge in [0.15, 0.2) is 0 Å². The normalized spacial score (nSPS) is 24.1. The monoisotopic (exact) mass is 457 g/mol. The van der Waals surface area contributed by atoms with Crippen molar-refractivity contribution >= 4 is 22.0 Å². The number of carbonyl (C=O) groups excluding carboxylic acids is 2. The van der Waals surface area contributed by atoms with Gasteiger partial charge in [0.05, 0.1) is 12.0 Å². The van der Waals surface area contributed by atoms with Crippen molar-refractivity contribution in [1.29, 1.82) is 0 Å². The Kier molecular flexibility index (Phi) is 5.96. The van der Waals surface area contributed by atoms with E-state index in [1.807, 2.05) is 30.3 Å². The van der Waals surface area contributed by atoms with Crippen LogP contribution in [0.1, 0.15) is 37.3 Å². The van der Waals surface area contributed by atoms with Crippen LogP contribution in [0.4, 0.5) is 4.79 Å². The van der Waals surface area contributed by atoms with Crippen LogP contribution in [0.25, 0.3) is 0 Å². The van der Waals surface area contributed by atoms with Crippen LogP contribution in [0, 0.1) is 0 Å². The molecule has 0 radical (unpaired) electrons. The zero-order valence-corrected chi connectivity index (χ0v) is 18.9. The van der Waals surface area contributed by atoms with Crippen LogP contribution >= 0.6 is 0 Å². The average Bonchev–Trinajstić information content (AvgIpc) is 3.06. The SMILES string of the molecule is COc1ccc(S(=O)(=O)N2CCCC[C@H]2Cc2ccccc2)cc1[C@@]1(C)NC(=O)NC1=O. The fourth-order valence-electron chi connectivity index (χ4n) is 4.49. The molecule has 170 valence electrons. The molecule has 0 saturated carbocycles. The second-order valence-electron chi connectivity index (χ2n) is 8.35. The topological polar surface area (TPSA) is 105 Å². The lowest BCUT2D eigenvalue weighted by molar-refractivity contribution is -0.123. The van der Waals surface area contributed by atoms with Crippen molar-refractivity contribution in [2.24, 2.45) is 0 Å². The summed E-state index contributed by atoms with van der Waals surface area (Å²) in [5.74, 6) is -0.237. The highest BCUT2D eigenvalue weighted by atomic mass is 32.2. The molecule has 4 rings (SSSR count). The van der Waals surface area contributed by atoms with Crippen LogP contribution < -0.4 is 15.4 Å². The zero-order chi connectivity index (χ0) is 22.9. The van der Waals surface area contributed by atoms with E-state index in [0.29, 0.717) is 24.3 Å². The number of benzene rings is 2. The molecular weight excluding hydrogens is 430 g/mol. The standard InChI is InChI=1S/C23H27N3O5S/c1-23(21(27)24-22(28)25-23)19-15-18(11-12-20(19)31-2)32(29,30)26-13-7-6-10-17(26)14-16-8-4-3-5-9-16/h3-5,8-9,11-12,15,17H,6-7,10,13-14H2,1-2H3,(H2,24,25,27,28)/t17-,23+/m0/s1. The molecule has 0 bridgehead atoms. The zero-order valence-electron chi connectivity index (χ0n) is 18.1. The molecule has 2 aliphatic heterocycles. The summed E-state index contributed by atoms with van der Waals surface area (Å²) in [5, 5.41) is 4.79. The number of urea groups is 1. The summed E-state index contributed by atoms with van der Waals surface area (Å²) in [6.07, 6.45) is 3.19. The summed E-state index contributed by atoms with van der Waals surface area (Å²) < 4.78 is 34.4. The predicted octanol–water partition coefficient (Wildman–Crippen LogP) is 2.54. The minimum Gasteiger partial charge on any atom is -0.496 e. The van der Waals surface area contributed by atoms with Crippen LogP contribution in [0.5, 0.6) is 5.75 Å². The molecule has 8 nitrogen and oxygen atoms in total. The Morgan fingerprint density at radius 2 is 1.88 bits per heavy atom. The molecule has 0 unspecified atom stereocenters. The highest BCUT2D eigenvalue weighted by Crippen LogP contribution is 2.36. The lowest BCUT2D eigenvalue weighted by atomic mass is 9.91. The summed E-state index contributed by atoms with van der Waals surface area (Å²) in [4.78, 5) is 24.3. The number of methoxy groups -OCH3 is 1. The van der Waals surface area contributed by atoms with E-state index in [0.717, 1.165) is 24.8 Å². The Bertz CT molecular complexity index is 1140. The van der Waals surface area contributed by atoms with Crippen molar-refractivity contribution in [3.63, 3.8) is 0 Å². The van der Waals surface area contributed by atoms with Gasteiger partial charge in [-0.05, 0) is 49.9 Å². The van der Waals surface area contributed by atoms with Gasteiger partial charge in [-0.1, -0.05) is 36.8 Å². The lowest BCUT2D eigenvalue weighted by Gasteiger charge is -2.35. The van der Waals surface area contributed by atoms with Crippen LogP contribution in [0.2, 0.25) is 0 Å². The summed E-state index contributed by atoms with van der Waals surface area (Å²) in [5.41, 5.74) is -0.0480. The average molecular weight is 458 g/mol. The van der Waals surface area contributed by atoms with Crippen LogP contribution in [-0.2, 0) is 26.8 Å². The van der Waals surface area contributed by atoms with Gasteiger partial charge < -0.3 is 10.1 Å². The minimum atomic E-state index is -3.83. The van der Waals surface area contributed by atoms with Crippen molar-refractivity contribution in [3.05, 3.63) is 59.7 Å². The maximum absolute atomic E-state index is 13.7. The molecule has 2 saturated heterocycles. The van der Waals surface area contributed by atoms with E-state index in [1.54, 1.807) is 4.31 Å². The Morgan fingerprint density at radius 1 is 1.12 bits per heavy atom.